The standard InChI is InChI=1S/C16H21NO4S/c1-9-7-12-11(8-13(18)20-6)10(2)17(14(12)22-9)15(19)21-16(3,4)5/h7H,8H2,1-6H3. The summed E-state index contributed by atoms with van der Waals surface area (Å²) in [5.41, 5.74) is 0.965. The van der Waals surface area contributed by atoms with Crippen LogP contribution in [-0.4, -0.2) is 29.3 Å². The van der Waals surface area contributed by atoms with E-state index in [2.05, 4.69) is 0 Å². The zero-order chi connectivity index (χ0) is 16.7. The molecule has 22 heavy (non-hydrogen) atoms. The summed E-state index contributed by atoms with van der Waals surface area (Å²) in [7, 11) is 1.36. The molecule has 0 aliphatic rings. The summed E-state index contributed by atoms with van der Waals surface area (Å²) >= 11 is 1.51. The van der Waals surface area contributed by atoms with Gasteiger partial charge in [0.2, 0.25) is 0 Å². The highest BCUT2D eigenvalue weighted by Gasteiger charge is 2.26. The Morgan fingerprint density at radius 2 is 1.91 bits per heavy atom. The smallest absolute Gasteiger partial charge is 0.419 e. The minimum Gasteiger partial charge on any atom is -0.469 e. The number of ether oxygens (including phenoxy) is 2. The van der Waals surface area contributed by atoms with Gasteiger partial charge < -0.3 is 9.47 Å². The van der Waals surface area contributed by atoms with Gasteiger partial charge in [0, 0.05) is 16.0 Å². The Hall–Kier alpha value is -1.82. The number of carbonyl (C=O) groups is 2. The molecule has 0 atom stereocenters. The molecule has 0 aliphatic carbocycles. The van der Waals surface area contributed by atoms with Crippen LogP contribution in [0.5, 0.6) is 0 Å². The van der Waals surface area contributed by atoms with Crippen LogP contribution in [0, 0.1) is 13.8 Å². The number of methoxy groups -OCH3 is 1. The van der Waals surface area contributed by atoms with Crippen LogP contribution in [0.3, 0.4) is 0 Å². The topological polar surface area (TPSA) is 57.5 Å². The third kappa shape index (κ3) is 3.16. The van der Waals surface area contributed by atoms with Crippen molar-refractivity contribution >= 4 is 33.6 Å². The molecule has 2 aromatic rings. The molecular formula is C16H21NO4S. The molecule has 0 fully saturated rings. The molecule has 120 valence electrons. The number of hydrogen-bond acceptors (Lipinski definition) is 5. The lowest BCUT2D eigenvalue weighted by Gasteiger charge is -2.20. The summed E-state index contributed by atoms with van der Waals surface area (Å²) in [5, 5.41) is 0.913. The van der Waals surface area contributed by atoms with E-state index in [1.807, 2.05) is 40.7 Å². The van der Waals surface area contributed by atoms with Gasteiger partial charge in [-0.05, 0) is 46.2 Å². The number of rotatable bonds is 2. The highest BCUT2D eigenvalue weighted by molar-refractivity contribution is 7.18. The van der Waals surface area contributed by atoms with Gasteiger partial charge in [-0.3, -0.25) is 4.79 Å². The molecule has 0 spiro atoms. The van der Waals surface area contributed by atoms with Crippen molar-refractivity contribution in [2.45, 2.75) is 46.6 Å². The van der Waals surface area contributed by atoms with Gasteiger partial charge in [-0.15, -0.1) is 11.3 Å². The van der Waals surface area contributed by atoms with E-state index in [-0.39, 0.29) is 12.4 Å². The minimum absolute atomic E-state index is 0.144. The number of thiophene rings is 1. The largest absolute Gasteiger partial charge is 0.469 e. The molecule has 0 bridgehead atoms. The van der Waals surface area contributed by atoms with Crippen LogP contribution in [-0.2, 0) is 20.7 Å². The van der Waals surface area contributed by atoms with Crippen molar-refractivity contribution in [2.24, 2.45) is 0 Å². The van der Waals surface area contributed by atoms with Crippen molar-refractivity contribution in [3.05, 3.63) is 22.2 Å². The highest BCUT2D eigenvalue weighted by atomic mass is 32.1. The number of nitrogens with zero attached hydrogens (tertiary/aromatic N) is 1. The van der Waals surface area contributed by atoms with Crippen molar-refractivity contribution in [3.8, 4) is 0 Å². The van der Waals surface area contributed by atoms with Crippen molar-refractivity contribution < 1.29 is 19.1 Å². The van der Waals surface area contributed by atoms with Crippen LogP contribution in [0.1, 0.15) is 36.9 Å². The SMILES string of the molecule is COC(=O)Cc1c(C)n(C(=O)OC(C)(C)C)c2sc(C)cc12. The maximum atomic E-state index is 12.5. The Morgan fingerprint density at radius 3 is 2.45 bits per heavy atom. The lowest BCUT2D eigenvalue weighted by molar-refractivity contribution is -0.139. The molecule has 0 aromatic carbocycles. The molecule has 0 N–H and O–H groups in total. The first-order valence-electron chi connectivity index (χ1n) is 7.04. The molecule has 5 nitrogen and oxygen atoms in total. The van der Waals surface area contributed by atoms with Gasteiger partial charge in [-0.2, -0.15) is 0 Å². The number of carbonyl (C=O) groups excluding carboxylic acids is 2. The first-order valence-corrected chi connectivity index (χ1v) is 7.86. The van der Waals surface area contributed by atoms with Gasteiger partial charge in [0.1, 0.15) is 10.4 Å². The molecular weight excluding hydrogens is 302 g/mol. The molecule has 0 saturated carbocycles. The van der Waals surface area contributed by atoms with Crippen molar-refractivity contribution in [1.29, 1.82) is 0 Å². The molecule has 0 unspecified atom stereocenters. The van der Waals surface area contributed by atoms with Gasteiger partial charge in [0.15, 0.2) is 0 Å². The minimum atomic E-state index is -0.574. The molecule has 2 heterocycles. The van der Waals surface area contributed by atoms with Crippen LogP contribution < -0.4 is 0 Å². The van der Waals surface area contributed by atoms with E-state index >= 15 is 0 Å². The second-order valence-electron chi connectivity index (χ2n) is 6.21. The number of aromatic nitrogens is 1. The normalized spacial score (nSPS) is 11.7. The van der Waals surface area contributed by atoms with Crippen LogP contribution in [0.4, 0.5) is 4.79 Å². The number of esters is 1. The van der Waals surface area contributed by atoms with Crippen LogP contribution >= 0.6 is 11.3 Å². The third-order valence-corrected chi connectivity index (χ3v) is 4.30. The Balaban J connectivity index is 2.56. The van der Waals surface area contributed by atoms with Crippen LogP contribution in [0.25, 0.3) is 10.2 Å². The van der Waals surface area contributed by atoms with E-state index in [9.17, 15) is 9.59 Å². The van der Waals surface area contributed by atoms with Gasteiger partial charge in [0.05, 0.1) is 13.5 Å². The van der Waals surface area contributed by atoms with Gasteiger partial charge >= 0.3 is 12.1 Å². The van der Waals surface area contributed by atoms with Crippen LogP contribution in [0.2, 0.25) is 0 Å². The summed E-state index contributed by atoms with van der Waals surface area (Å²) in [6.07, 6.45) is -0.280. The lowest BCUT2D eigenvalue weighted by atomic mass is 10.1. The fraction of sp³-hybridized carbons (Fsp3) is 0.500. The van der Waals surface area contributed by atoms with E-state index < -0.39 is 11.7 Å². The predicted molar refractivity (Wildman–Crippen MR) is 86.6 cm³/mol. The summed E-state index contributed by atoms with van der Waals surface area (Å²) in [6.45, 7) is 9.29. The second-order valence-corrected chi connectivity index (χ2v) is 7.44. The predicted octanol–water partition coefficient (Wildman–Crippen LogP) is 3.82. The fourth-order valence-electron chi connectivity index (χ4n) is 2.33. The van der Waals surface area contributed by atoms with Gasteiger partial charge in [0.25, 0.3) is 0 Å². The first-order chi connectivity index (χ1) is 10.1. The fourth-order valence-corrected chi connectivity index (χ4v) is 3.41. The van der Waals surface area contributed by atoms with Crippen molar-refractivity contribution in [1.82, 2.24) is 4.57 Å². The molecule has 0 aliphatic heterocycles. The van der Waals surface area contributed by atoms with E-state index in [4.69, 9.17) is 9.47 Å². The molecule has 0 radical (unpaired) electrons. The Morgan fingerprint density at radius 1 is 1.27 bits per heavy atom. The second kappa shape index (κ2) is 5.76. The van der Waals surface area contributed by atoms with E-state index in [0.717, 1.165) is 26.4 Å². The Bertz CT molecular complexity index is 733. The summed E-state index contributed by atoms with van der Waals surface area (Å²) in [5.74, 6) is -0.324. The third-order valence-electron chi connectivity index (χ3n) is 3.26. The summed E-state index contributed by atoms with van der Waals surface area (Å²) in [4.78, 5) is 26.0. The summed E-state index contributed by atoms with van der Waals surface area (Å²) < 4.78 is 11.8. The highest BCUT2D eigenvalue weighted by Crippen LogP contribution is 2.34. The van der Waals surface area contributed by atoms with E-state index in [1.165, 1.54) is 18.4 Å². The maximum absolute atomic E-state index is 12.5. The number of hydrogen-bond donors (Lipinski definition) is 0. The molecule has 2 rings (SSSR count). The Labute approximate surface area is 133 Å². The quantitative estimate of drug-likeness (QED) is 0.788. The zero-order valence-electron chi connectivity index (χ0n) is 13.8. The van der Waals surface area contributed by atoms with Gasteiger partial charge in [-0.25, -0.2) is 9.36 Å². The van der Waals surface area contributed by atoms with Crippen LogP contribution in [0.15, 0.2) is 6.07 Å². The van der Waals surface area contributed by atoms with Crippen molar-refractivity contribution in [2.75, 3.05) is 7.11 Å². The average molecular weight is 323 g/mol. The Kier molecular flexibility index (Phi) is 4.33. The lowest BCUT2D eigenvalue weighted by Crippen LogP contribution is -2.27. The molecule has 2 aromatic heterocycles. The molecule has 0 saturated heterocycles. The van der Waals surface area contributed by atoms with E-state index in [1.54, 1.807) is 4.57 Å². The monoisotopic (exact) mass is 323 g/mol. The van der Waals surface area contributed by atoms with E-state index in [0.29, 0.717) is 0 Å². The van der Waals surface area contributed by atoms with Crippen molar-refractivity contribution in [3.63, 3.8) is 0 Å². The summed E-state index contributed by atoms with van der Waals surface area (Å²) in [6, 6.07) is 1.99. The first kappa shape index (κ1) is 16.5. The van der Waals surface area contributed by atoms with Gasteiger partial charge in [-0.1, -0.05) is 0 Å². The average Bonchev–Trinajstić information content (AvgIpc) is 2.84. The number of aryl methyl sites for hydroxylation is 1. The molecule has 6 heteroatoms. The molecule has 0 amide bonds. The number of fused-ring (bicyclic) bond motifs is 1. The maximum Gasteiger partial charge on any atom is 0.419 e. The zero-order valence-corrected chi connectivity index (χ0v) is 14.6.